The number of nitrogens with zero attached hydrogens (tertiary/aromatic N) is 4. The molecular formula is C28H33N7O2. The summed E-state index contributed by atoms with van der Waals surface area (Å²) in [4.78, 5) is 23.2. The zero-order valence-electron chi connectivity index (χ0n) is 21.4. The summed E-state index contributed by atoms with van der Waals surface area (Å²) in [6.07, 6.45) is 4.51. The molecule has 9 nitrogen and oxygen atoms in total. The highest BCUT2D eigenvalue weighted by Gasteiger charge is 2.39. The molecule has 0 bridgehead atoms. The Morgan fingerprint density at radius 1 is 1.27 bits per heavy atom. The lowest BCUT2D eigenvalue weighted by molar-refractivity contribution is 0.0882. The number of carbonyl (C=O) groups excluding carboxylic acids is 1. The van der Waals surface area contributed by atoms with Crippen LogP contribution in [0.3, 0.4) is 0 Å². The minimum Gasteiger partial charge on any atom is -0.495 e. The molecular weight excluding hydrogens is 466 g/mol. The van der Waals surface area contributed by atoms with Crippen molar-refractivity contribution in [2.45, 2.75) is 36.9 Å². The Bertz CT molecular complexity index is 1320. The third kappa shape index (κ3) is 5.71. The predicted molar refractivity (Wildman–Crippen MR) is 144 cm³/mol. The van der Waals surface area contributed by atoms with E-state index >= 15 is 0 Å². The Morgan fingerprint density at radius 2 is 2.05 bits per heavy atom. The van der Waals surface area contributed by atoms with Crippen molar-refractivity contribution in [2.75, 3.05) is 33.1 Å². The van der Waals surface area contributed by atoms with Crippen molar-refractivity contribution in [2.24, 2.45) is 5.73 Å². The van der Waals surface area contributed by atoms with Gasteiger partial charge in [-0.05, 0) is 56.1 Å². The molecule has 1 aliphatic carbocycles. The number of carbonyl (C=O) groups is 1. The number of hydrogen-bond acceptors (Lipinski definition) is 8. The van der Waals surface area contributed by atoms with Gasteiger partial charge in [-0.25, -0.2) is 9.97 Å². The van der Waals surface area contributed by atoms with Crippen LogP contribution in [0.2, 0.25) is 0 Å². The number of amides is 1. The summed E-state index contributed by atoms with van der Waals surface area (Å²) in [7, 11) is 5.74. The first-order valence-corrected chi connectivity index (χ1v) is 12.2. The quantitative estimate of drug-likeness (QED) is 0.403. The summed E-state index contributed by atoms with van der Waals surface area (Å²) in [5.74, 6) is 0.381. The Morgan fingerprint density at radius 3 is 2.73 bits per heavy atom. The van der Waals surface area contributed by atoms with Gasteiger partial charge in [-0.1, -0.05) is 24.8 Å². The van der Waals surface area contributed by atoms with Gasteiger partial charge < -0.3 is 26.0 Å². The van der Waals surface area contributed by atoms with E-state index in [1.54, 1.807) is 19.4 Å². The summed E-state index contributed by atoms with van der Waals surface area (Å²) in [6, 6.07) is 13.6. The number of benzene rings is 2. The van der Waals surface area contributed by atoms with Crippen molar-refractivity contribution in [3.63, 3.8) is 0 Å². The molecule has 1 fully saturated rings. The Labute approximate surface area is 217 Å². The molecule has 1 heterocycles. The molecule has 0 aliphatic heterocycles. The molecule has 1 aliphatic rings. The monoisotopic (exact) mass is 499 g/mol. The molecule has 0 radical (unpaired) electrons. The highest BCUT2D eigenvalue weighted by Crippen LogP contribution is 2.39. The standard InChI is InChI=1S/C28H33N7O2/c1-17(14-29)15-32-27-21-11-19(6-5-18(21)7-8-25(27)37-4)22-12-20(35(2)3)13-23(30)26(22)34-28(36)24-9-10-31-16-33-24/h5-11,16,20,22-23,26,32H,1,12-13,15,30H2,2-4H3,(H,34,36)/t20-,22-,23-,26-/m1/s1. The van der Waals surface area contributed by atoms with Gasteiger partial charge in [0.05, 0.1) is 24.9 Å². The molecule has 1 amide bonds. The molecule has 0 unspecified atom stereocenters. The van der Waals surface area contributed by atoms with Crippen molar-refractivity contribution in [3.05, 3.63) is 72.3 Å². The van der Waals surface area contributed by atoms with Crippen molar-refractivity contribution >= 4 is 22.4 Å². The van der Waals surface area contributed by atoms with E-state index in [2.05, 4.69) is 70.4 Å². The van der Waals surface area contributed by atoms with E-state index in [0.717, 1.165) is 34.9 Å². The van der Waals surface area contributed by atoms with Crippen molar-refractivity contribution in [3.8, 4) is 11.8 Å². The van der Waals surface area contributed by atoms with E-state index in [1.807, 2.05) is 12.1 Å². The first-order chi connectivity index (χ1) is 17.8. The number of fused-ring (bicyclic) bond motifs is 1. The van der Waals surface area contributed by atoms with Gasteiger partial charge >= 0.3 is 0 Å². The smallest absolute Gasteiger partial charge is 0.270 e. The van der Waals surface area contributed by atoms with Crippen molar-refractivity contribution in [1.29, 1.82) is 5.26 Å². The summed E-state index contributed by atoms with van der Waals surface area (Å²) in [5, 5.41) is 17.6. The van der Waals surface area contributed by atoms with Gasteiger partial charge in [0.15, 0.2) is 0 Å². The van der Waals surface area contributed by atoms with Gasteiger partial charge in [0.2, 0.25) is 0 Å². The van der Waals surface area contributed by atoms with Gasteiger partial charge in [-0.2, -0.15) is 5.26 Å². The number of hydrogen-bond donors (Lipinski definition) is 3. The van der Waals surface area contributed by atoms with E-state index in [9.17, 15) is 4.79 Å². The molecule has 0 saturated heterocycles. The van der Waals surface area contributed by atoms with Crippen LogP contribution in [0.25, 0.3) is 10.8 Å². The molecule has 3 aromatic rings. The Balaban J connectivity index is 1.75. The lowest BCUT2D eigenvalue weighted by atomic mass is 9.74. The molecule has 0 spiro atoms. The lowest BCUT2D eigenvalue weighted by Gasteiger charge is -2.43. The number of ether oxygens (including phenoxy) is 1. The first kappa shape index (κ1) is 26.1. The van der Waals surface area contributed by atoms with E-state index in [-0.39, 0.29) is 30.0 Å². The third-order valence-electron chi connectivity index (χ3n) is 7.10. The van der Waals surface area contributed by atoms with Crippen molar-refractivity contribution < 1.29 is 9.53 Å². The molecule has 1 saturated carbocycles. The number of nitriles is 1. The molecule has 1 aromatic heterocycles. The van der Waals surface area contributed by atoms with Gasteiger partial charge in [-0.3, -0.25) is 4.79 Å². The van der Waals surface area contributed by atoms with Crippen LogP contribution in [0.5, 0.6) is 5.75 Å². The van der Waals surface area contributed by atoms with Crippen LogP contribution in [0.15, 0.2) is 61.1 Å². The fraction of sp³-hybridized carbons (Fsp3) is 0.357. The van der Waals surface area contributed by atoms with Crippen LogP contribution in [-0.2, 0) is 0 Å². The van der Waals surface area contributed by atoms with Crippen LogP contribution in [-0.4, -0.2) is 66.7 Å². The summed E-state index contributed by atoms with van der Waals surface area (Å²) < 4.78 is 5.62. The number of nitrogens with one attached hydrogen (secondary N) is 2. The second kappa shape index (κ2) is 11.4. The number of anilines is 1. The highest BCUT2D eigenvalue weighted by molar-refractivity contribution is 5.97. The Hall–Kier alpha value is -4.00. The molecule has 4 rings (SSSR count). The molecule has 192 valence electrons. The number of nitrogens with two attached hydrogens (primary N) is 1. The SMILES string of the molecule is C=C(C#N)CNc1c(OC)ccc2ccc([C@H]3C[C@@H](N(C)C)C[C@@H](N)[C@@H]3NC(=O)c3ccncn3)cc12. The number of aromatic nitrogens is 2. The normalized spacial score (nSPS) is 21.3. The largest absolute Gasteiger partial charge is 0.495 e. The van der Waals surface area contributed by atoms with Crippen LogP contribution < -0.4 is 21.1 Å². The summed E-state index contributed by atoms with van der Waals surface area (Å²) >= 11 is 0. The fourth-order valence-electron chi connectivity index (χ4n) is 5.05. The van der Waals surface area contributed by atoms with Crippen LogP contribution in [0.1, 0.15) is 34.8 Å². The van der Waals surface area contributed by atoms with Gasteiger partial charge in [0.25, 0.3) is 5.91 Å². The van der Waals surface area contributed by atoms with Gasteiger partial charge in [-0.15, -0.1) is 0 Å². The van der Waals surface area contributed by atoms with E-state index in [4.69, 9.17) is 15.7 Å². The molecule has 4 atom stereocenters. The topological polar surface area (TPSA) is 129 Å². The van der Waals surface area contributed by atoms with Crippen LogP contribution in [0, 0.1) is 11.3 Å². The third-order valence-corrected chi connectivity index (χ3v) is 7.10. The maximum Gasteiger partial charge on any atom is 0.270 e. The molecule has 2 aromatic carbocycles. The van der Waals surface area contributed by atoms with Crippen LogP contribution in [0.4, 0.5) is 5.69 Å². The predicted octanol–water partition coefficient (Wildman–Crippen LogP) is 3.06. The highest BCUT2D eigenvalue weighted by atomic mass is 16.5. The van der Waals surface area contributed by atoms with E-state index in [1.165, 1.54) is 6.33 Å². The maximum absolute atomic E-state index is 13.0. The van der Waals surface area contributed by atoms with Gasteiger partial charge in [0.1, 0.15) is 17.8 Å². The number of methoxy groups -OCH3 is 1. The molecule has 4 N–H and O–H groups in total. The zero-order valence-corrected chi connectivity index (χ0v) is 21.4. The van der Waals surface area contributed by atoms with Crippen molar-refractivity contribution in [1.82, 2.24) is 20.2 Å². The minimum absolute atomic E-state index is 0.0283. The molecule has 37 heavy (non-hydrogen) atoms. The van der Waals surface area contributed by atoms with Crippen LogP contribution >= 0.6 is 0 Å². The zero-order chi connectivity index (χ0) is 26.5. The van der Waals surface area contributed by atoms with Gasteiger partial charge in [0, 0.05) is 41.7 Å². The number of rotatable bonds is 8. The fourth-order valence-corrected chi connectivity index (χ4v) is 5.05. The Kier molecular flexibility index (Phi) is 8.01. The first-order valence-electron chi connectivity index (χ1n) is 12.2. The lowest BCUT2D eigenvalue weighted by Crippen LogP contribution is -2.57. The summed E-state index contributed by atoms with van der Waals surface area (Å²) in [6.45, 7) is 4.09. The van der Waals surface area contributed by atoms with E-state index < -0.39 is 0 Å². The minimum atomic E-state index is -0.281. The molecule has 9 heteroatoms. The average Bonchev–Trinajstić information content (AvgIpc) is 2.92. The van der Waals surface area contributed by atoms with E-state index in [0.29, 0.717) is 23.6 Å². The average molecular weight is 500 g/mol. The summed E-state index contributed by atoms with van der Waals surface area (Å²) in [5.41, 5.74) is 9.30. The second-order valence-corrected chi connectivity index (χ2v) is 9.65. The second-order valence-electron chi connectivity index (χ2n) is 9.65. The maximum atomic E-state index is 13.0.